The number of hydrogen-bond donors (Lipinski definition) is 4. The van der Waals surface area contributed by atoms with Crippen molar-refractivity contribution in [3.05, 3.63) is 120 Å². The average molecular weight is 699 g/mol. The van der Waals surface area contributed by atoms with Gasteiger partial charge in [0.2, 0.25) is 5.91 Å². The van der Waals surface area contributed by atoms with Crippen LogP contribution in [0.2, 0.25) is 0 Å². The molecule has 0 fully saturated rings. The average Bonchev–Trinajstić information content (AvgIpc) is 3.59. The highest BCUT2D eigenvalue weighted by atomic mass is 16.5. The van der Waals surface area contributed by atoms with Crippen LogP contribution in [0.25, 0.3) is 0 Å². The van der Waals surface area contributed by atoms with Crippen LogP contribution in [0.4, 0.5) is 9.59 Å². The number of amides is 4. The van der Waals surface area contributed by atoms with Gasteiger partial charge in [0.25, 0.3) is 0 Å². The maximum absolute atomic E-state index is 13.9. The van der Waals surface area contributed by atoms with Crippen molar-refractivity contribution >= 4 is 18.0 Å². The molecule has 4 atom stereocenters. The first-order valence-electron chi connectivity index (χ1n) is 17.3. The summed E-state index contributed by atoms with van der Waals surface area (Å²) in [5, 5.41) is 20.5. The van der Waals surface area contributed by atoms with E-state index in [4.69, 9.17) is 9.15 Å². The summed E-state index contributed by atoms with van der Waals surface area (Å²) >= 11 is 0. The molecule has 0 aliphatic rings. The van der Waals surface area contributed by atoms with Crippen LogP contribution >= 0.6 is 0 Å². The number of benzene rings is 2. The van der Waals surface area contributed by atoms with E-state index in [1.54, 1.807) is 31.6 Å². The summed E-state index contributed by atoms with van der Waals surface area (Å²) in [7, 11) is 1.63. The number of oxazole rings is 1. The van der Waals surface area contributed by atoms with Crippen molar-refractivity contribution in [3.63, 3.8) is 0 Å². The number of ether oxygens (including phenoxy) is 1. The van der Waals surface area contributed by atoms with Gasteiger partial charge in [0.15, 0.2) is 5.89 Å². The molecule has 4 amide bonds. The predicted octanol–water partition coefficient (Wildman–Crippen LogP) is 5.38. The predicted molar refractivity (Wildman–Crippen MR) is 193 cm³/mol. The molecule has 4 aromatic rings. The smallest absolute Gasteiger partial charge is 0.407 e. The Labute approximate surface area is 300 Å². The van der Waals surface area contributed by atoms with Crippen molar-refractivity contribution in [2.75, 3.05) is 7.05 Å². The number of carbonyl (C=O) groups excluding carboxylic acids is 3. The molecule has 0 bridgehead atoms. The molecule has 0 radical (unpaired) electrons. The number of aliphatic hydroxyl groups excluding tert-OH is 1. The second kappa shape index (κ2) is 19.2. The lowest BCUT2D eigenvalue weighted by Gasteiger charge is -2.30. The first-order chi connectivity index (χ1) is 24.5. The van der Waals surface area contributed by atoms with Gasteiger partial charge in [0, 0.05) is 37.0 Å². The van der Waals surface area contributed by atoms with Gasteiger partial charge in [-0.3, -0.25) is 9.78 Å². The van der Waals surface area contributed by atoms with Crippen LogP contribution in [0.1, 0.15) is 68.3 Å². The van der Waals surface area contributed by atoms with Crippen molar-refractivity contribution in [3.8, 4) is 0 Å². The number of nitrogens with one attached hydrogen (secondary N) is 3. The topological polar surface area (TPSA) is 159 Å². The molecule has 2 aromatic heterocycles. The zero-order chi connectivity index (χ0) is 36.8. The molecule has 0 aliphatic carbocycles. The van der Waals surface area contributed by atoms with Crippen molar-refractivity contribution in [1.82, 2.24) is 30.8 Å². The van der Waals surface area contributed by atoms with E-state index in [0.29, 0.717) is 24.4 Å². The number of urea groups is 1. The SMILES string of the molecule is CC(C)c1nc(CN(C)C(=O)N[C@H](C(=O)N[C@@H](Cc2ccccc2)C[C@H](O)[C@H](Cc2ccccc2)NC(=O)OCc2cccnc2)C(C)C)co1. The van der Waals surface area contributed by atoms with E-state index in [1.165, 1.54) is 11.2 Å². The molecule has 0 unspecified atom stereocenters. The van der Waals surface area contributed by atoms with E-state index in [-0.39, 0.29) is 37.3 Å². The normalized spacial score (nSPS) is 13.6. The summed E-state index contributed by atoms with van der Waals surface area (Å²) in [6.45, 7) is 7.89. The number of carbonyl (C=O) groups is 3. The number of hydrogen-bond acceptors (Lipinski definition) is 8. The Morgan fingerprint density at radius 3 is 2.10 bits per heavy atom. The van der Waals surface area contributed by atoms with E-state index in [9.17, 15) is 19.5 Å². The first kappa shape index (κ1) is 38.6. The zero-order valence-electron chi connectivity index (χ0n) is 30.0. The van der Waals surface area contributed by atoms with Gasteiger partial charge in [-0.15, -0.1) is 0 Å². The molecule has 51 heavy (non-hydrogen) atoms. The lowest BCUT2D eigenvalue weighted by molar-refractivity contribution is -0.124. The largest absolute Gasteiger partial charge is 0.448 e. The van der Waals surface area contributed by atoms with Crippen LogP contribution < -0.4 is 16.0 Å². The first-order valence-corrected chi connectivity index (χ1v) is 17.3. The van der Waals surface area contributed by atoms with E-state index in [2.05, 4.69) is 25.9 Å². The maximum atomic E-state index is 13.9. The minimum absolute atomic E-state index is 0.0234. The standard InChI is InChI=1S/C39H50N6O6/c1-26(2)35(44-38(48)45(5)23-32-25-50-37(42-32)27(3)4)36(47)41-31(19-28-13-8-6-9-14-28)21-34(46)33(20-29-15-10-7-11-16-29)43-39(49)51-24-30-17-12-18-40-22-30/h6-18,22,25-27,31,33-35,46H,19-21,23-24H2,1-5H3,(H,41,47)(H,43,49)(H,44,48)/t31-,33-,34-,35-/m0/s1. The monoisotopic (exact) mass is 698 g/mol. The summed E-state index contributed by atoms with van der Waals surface area (Å²) < 4.78 is 11.0. The van der Waals surface area contributed by atoms with E-state index in [1.807, 2.05) is 88.4 Å². The van der Waals surface area contributed by atoms with Crippen LogP contribution in [-0.2, 0) is 35.5 Å². The van der Waals surface area contributed by atoms with Gasteiger partial charge in [-0.1, -0.05) is 94.4 Å². The molecular formula is C39H50N6O6. The summed E-state index contributed by atoms with van der Waals surface area (Å²) in [5.74, 6) is 0.0794. The third-order valence-corrected chi connectivity index (χ3v) is 8.39. The number of nitrogens with zero attached hydrogens (tertiary/aromatic N) is 3. The van der Waals surface area contributed by atoms with Gasteiger partial charge in [-0.25, -0.2) is 14.6 Å². The van der Waals surface area contributed by atoms with E-state index < -0.39 is 36.4 Å². The number of alkyl carbamates (subject to hydrolysis) is 1. The Morgan fingerprint density at radius 1 is 0.863 bits per heavy atom. The Balaban J connectivity index is 1.47. The van der Waals surface area contributed by atoms with Crippen LogP contribution in [0.3, 0.4) is 0 Å². The lowest BCUT2D eigenvalue weighted by Crippen LogP contribution is -2.55. The summed E-state index contributed by atoms with van der Waals surface area (Å²) in [6, 6.07) is 20.2. The Hall–Kier alpha value is -5.23. The molecule has 12 nitrogen and oxygen atoms in total. The molecule has 2 aromatic carbocycles. The fourth-order valence-corrected chi connectivity index (χ4v) is 5.57. The minimum atomic E-state index is -1.07. The molecule has 4 rings (SSSR count). The lowest BCUT2D eigenvalue weighted by atomic mass is 9.93. The fraction of sp³-hybridized carbons (Fsp3) is 0.410. The molecule has 0 saturated carbocycles. The maximum Gasteiger partial charge on any atom is 0.407 e. The van der Waals surface area contributed by atoms with E-state index >= 15 is 0 Å². The van der Waals surface area contributed by atoms with Gasteiger partial charge in [0.1, 0.15) is 18.9 Å². The molecule has 12 heteroatoms. The van der Waals surface area contributed by atoms with Crippen LogP contribution in [0.15, 0.2) is 95.9 Å². The number of aliphatic hydroxyl groups is 1. The molecule has 4 N–H and O–H groups in total. The van der Waals surface area contributed by atoms with Gasteiger partial charge in [-0.2, -0.15) is 0 Å². The Kier molecular flexibility index (Phi) is 14.5. The quantitative estimate of drug-likeness (QED) is 0.115. The van der Waals surface area contributed by atoms with Crippen LogP contribution in [-0.4, -0.2) is 69.3 Å². The highest BCUT2D eigenvalue weighted by molar-refractivity contribution is 5.87. The second-order valence-electron chi connectivity index (χ2n) is 13.4. The molecule has 0 aliphatic heterocycles. The van der Waals surface area contributed by atoms with Crippen LogP contribution in [0, 0.1) is 5.92 Å². The number of pyridine rings is 1. The van der Waals surface area contributed by atoms with Crippen molar-refractivity contribution in [2.45, 2.75) is 90.3 Å². The Morgan fingerprint density at radius 2 is 1.51 bits per heavy atom. The van der Waals surface area contributed by atoms with Gasteiger partial charge in [0.05, 0.1) is 24.4 Å². The van der Waals surface area contributed by atoms with Crippen molar-refractivity contribution < 1.29 is 28.6 Å². The molecule has 0 saturated heterocycles. The third-order valence-electron chi connectivity index (χ3n) is 8.39. The summed E-state index contributed by atoms with van der Waals surface area (Å²) in [5.41, 5.74) is 3.21. The third kappa shape index (κ3) is 12.6. The summed E-state index contributed by atoms with van der Waals surface area (Å²) in [6.07, 6.45) is 3.90. The number of rotatable bonds is 17. The number of aromatic nitrogens is 2. The van der Waals surface area contributed by atoms with Crippen LogP contribution in [0.5, 0.6) is 0 Å². The second-order valence-corrected chi connectivity index (χ2v) is 13.4. The molecule has 272 valence electrons. The fourth-order valence-electron chi connectivity index (χ4n) is 5.57. The van der Waals surface area contributed by atoms with Crippen molar-refractivity contribution in [2.24, 2.45) is 5.92 Å². The Bertz CT molecular complexity index is 1650. The van der Waals surface area contributed by atoms with Crippen molar-refractivity contribution in [1.29, 1.82) is 0 Å². The zero-order valence-corrected chi connectivity index (χ0v) is 30.0. The molecule has 0 spiro atoms. The summed E-state index contributed by atoms with van der Waals surface area (Å²) in [4.78, 5) is 50.0. The molecular weight excluding hydrogens is 648 g/mol. The minimum Gasteiger partial charge on any atom is -0.448 e. The highest BCUT2D eigenvalue weighted by Crippen LogP contribution is 2.17. The highest BCUT2D eigenvalue weighted by Gasteiger charge is 2.31. The molecule has 2 heterocycles. The van der Waals surface area contributed by atoms with E-state index in [0.717, 1.165) is 16.7 Å². The van der Waals surface area contributed by atoms with Gasteiger partial charge < -0.3 is 35.1 Å². The van der Waals surface area contributed by atoms with Gasteiger partial charge >= 0.3 is 12.1 Å². The van der Waals surface area contributed by atoms with Gasteiger partial charge in [-0.05, 0) is 42.4 Å².